The predicted octanol–water partition coefficient (Wildman–Crippen LogP) is 0.444. The second kappa shape index (κ2) is 1.91. The van der Waals surface area contributed by atoms with Crippen molar-refractivity contribution in [2.45, 2.75) is 19.1 Å². The fourth-order valence-corrected chi connectivity index (χ4v) is 2.82. The van der Waals surface area contributed by atoms with Crippen LogP contribution >= 0.6 is 0 Å². The van der Waals surface area contributed by atoms with E-state index in [0.29, 0.717) is 5.92 Å². The number of allylic oxidation sites excluding steroid dienone is 1. The van der Waals surface area contributed by atoms with Crippen molar-refractivity contribution < 1.29 is 14.6 Å². The first-order chi connectivity index (χ1) is 5.77. The Kier molecular flexibility index (Phi) is 1.06. The van der Waals surface area contributed by atoms with Crippen molar-refractivity contribution in [1.29, 1.82) is 0 Å². The lowest BCUT2D eigenvalue weighted by atomic mass is 9.85. The quantitative estimate of drug-likeness (QED) is 0.419. The first kappa shape index (κ1) is 6.66. The SMILES string of the molecule is O=C1OC(O)C2C3CC=C(C3)[C@@H]12. The highest BCUT2D eigenvalue weighted by molar-refractivity contribution is 5.79. The highest BCUT2D eigenvalue weighted by Crippen LogP contribution is 2.53. The van der Waals surface area contributed by atoms with Gasteiger partial charge in [0.15, 0.2) is 0 Å². The van der Waals surface area contributed by atoms with Crippen molar-refractivity contribution in [3.8, 4) is 0 Å². The molecule has 2 bridgehead atoms. The fourth-order valence-electron chi connectivity index (χ4n) is 2.82. The summed E-state index contributed by atoms with van der Waals surface area (Å²) in [5, 5.41) is 9.42. The van der Waals surface area contributed by atoms with E-state index in [1.165, 1.54) is 5.57 Å². The Labute approximate surface area is 70.0 Å². The van der Waals surface area contributed by atoms with Crippen LogP contribution in [0.4, 0.5) is 0 Å². The van der Waals surface area contributed by atoms with E-state index in [-0.39, 0.29) is 17.8 Å². The highest BCUT2D eigenvalue weighted by Gasteiger charge is 2.55. The van der Waals surface area contributed by atoms with Crippen LogP contribution in [0.1, 0.15) is 12.8 Å². The number of carbonyl (C=O) groups is 1. The van der Waals surface area contributed by atoms with Crippen molar-refractivity contribution in [2.24, 2.45) is 17.8 Å². The maximum absolute atomic E-state index is 11.2. The summed E-state index contributed by atoms with van der Waals surface area (Å²) in [5.74, 6) is 0.212. The lowest BCUT2D eigenvalue weighted by molar-refractivity contribution is -0.158. The number of aliphatic hydroxyl groups excluding tert-OH is 1. The van der Waals surface area contributed by atoms with Gasteiger partial charge in [0.1, 0.15) is 0 Å². The largest absolute Gasteiger partial charge is 0.435 e. The summed E-state index contributed by atoms with van der Waals surface area (Å²) in [7, 11) is 0. The summed E-state index contributed by atoms with van der Waals surface area (Å²) >= 11 is 0. The third-order valence-corrected chi connectivity index (χ3v) is 3.33. The number of cyclic esters (lactones) is 1. The summed E-state index contributed by atoms with van der Waals surface area (Å²) in [4.78, 5) is 11.2. The van der Waals surface area contributed by atoms with Crippen LogP contribution in [0.5, 0.6) is 0 Å². The zero-order chi connectivity index (χ0) is 8.29. The zero-order valence-electron chi connectivity index (χ0n) is 6.56. The van der Waals surface area contributed by atoms with Gasteiger partial charge in [-0.3, -0.25) is 4.79 Å². The predicted molar refractivity (Wildman–Crippen MR) is 39.9 cm³/mol. The molecule has 3 nitrogen and oxygen atoms in total. The van der Waals surface area contributed by atoms with E-state index in [2.05, 4.69) is 6.08 Å². The number of esters is 1. The van der Waals surface area contributed by atoms with Gasteiger partial charge in [-0.05, 0) is 18.8 Å². The maximum atomic E-state index is 11.2. The van der Waals surface area contributed by atoms with Gasteiger partial charge >= 0.3 is 5.97 Å². The summed E-state index contributed by atoms with van der Waals surface area (Å²) < 4.78 is 4.78. The Hall–Kier alpha value is -0.830. The lowest BCUT2D eigenvalue weighted by Gasteiger charge is -2.17. The van der Waals surface area contributed by atoms with E-state index in [1.807, 2.05) is 0 Å². The van der Waals surface area contributed by atoms with Crippen LogP contribution in [-0.4, -0.2) is 17.4 Å². The molecule has 1 saturated carbocycles. The van der Waals surface area contributed by atoms with Crippen LogP contribution in [0.15, 0.2) is 11.6 Å². The Balaban J connectivity index is 2.05. The molecule has 3 aliphatic rings. The Morgan fingerprint density at radius 2 is 2.42 bits per heavy atom. The minimum Gasteiger partial charge on any atom is -0.435 e. The van der Waals surface area contributed by atoms with Crippen LogP contribution in [0.3, 0.4) is 0 Å². The minimum atomic E-state index is -0.835. The van der Waals surface area contributed by atoms with Crippen LogP contribution in [0.2, 0.25) is 0 Å². The molecule has 3 rings (SSSR count). The minimum absolute atomic E-state index is 0.0671. The molecule has 0 aromatic carbocycles. The van der Waals surface area contributed by atoms with Gasteiger partial charge in [-0.25, -0.2) is 0 Å². The zero-order valence-corrected chi connectivity index (χ0v) is 6.56. The normalized spacial score (nSPS) is 49.1. The molecule has 1 heterocycles. The Morgan fingerprint density at radius 3 is 3.17 bits per heavy atom. The lowest BCUT2D eigenvalue weighted by Crippen LogP contribution is -2.23. The van der Waals surface area contributed by atoms with Crippen LogP contribution in [0.25, 0.3) is 0 Å². The maximum Gasteiger partial charge on any atom is 0.315 e. The van der Waals surface area contributed by atoms with Gasteiger partial charge in [-0.1, -0.05) is 11.6 Å². The van der Waals surface area contributed by atoms with Crippen molar-refractivity contribution >= 4 is 5.97 Å². The summed E-state index contributed by atoms with van der Waals surface area (Å²) in [6.07, 6.45) is 3.32. The van der Waals surface area contributed by atoms with E-state index in [1.54, 1.807) is 0 Å². The average Bonchev–Trinajstić information content (AvgIpc) is 2.64. The molecular formula is C9H10O3. The summed E-state index contributed by atoms with van der Waals surface area (Å²) in [6.45, 7) is 0. The molecule has 1 saturated heterocycles. The third-order valence-electron chi connectivity index (χ3n) is 3.33. The van der Waals surface area contributed by atoms with Crippen LogP contribution < -0.4 is 0 Å². The first-order valence-corrected chi connectivity index (χ1v) is 4.35. The van der Waals surface area contributed by atoms with Gasteiger partial charge in [0.2, 0.25) is 6.29 Å². The second-order valence-electron chi connectivity index (χ2n) is 3.86. The molecule has 4 atom stereocenters. The van der Waals surface area contributed by atoms with Crippen LogP contribution in [-0.2, 0) is 9.53 Å². The molecule has 0 aromatic heterocycles. The van der Waals surface area contributed by atoms with E-state index in [4.69, 9.17) is 4.74 Å². The third kappa shape index (κ3) is 0.591. The molecule has 12 heavy (non-hydrogen) atoms. The highest BCUT2D eigenvalue weighted by atomic mass is 16.6. The van der Waals surface area contributed by atoms with Gasteiger partial charge in [-0.15, -0.1) is 0 Å². The van der Waals surface area contributed by atoms with E-state index in [0.717, 1.165) is 12.8 Å². The molecule has 0 spiro atoms. The van der Waals surface area contributed by atoms with E-state index >= 15 is 0 Å². The molecule has 0 aromatic rings. The van der Waals surface area contributed by atoms with Crippen molar-refractivity contribution in [3.05, 3.63) is 11.6 Å². The summed E-state index contributed by atoms with van der Waals surface area (Å²) in [5.41, 5.74) is 1.20. The van der Waals surface area contributed by atoms with Gasteiger partial charge in [0.05, 0.1) is 5.92 Å². The van der Waals surface area contributed by atoms with Gasteiger partial charge < -0.3 is 9.84 Å². The molecule has 3 heteroatoms. The number of aliphatic hydroxyl groups is 1. The Bertz CT molecular complexity index is 281. The molecule has 2 aliphatic carbocycles. The molecule has 1 aliphatic heterocycles. The number of hydrogen-bond donors (Lipinski definition) is 1. The molecule has 2 fully saturated rings. The number of fused-ring (bicyclic) bond motifs is 5. The molecule has 0 amide bonds. The monoisotopic (exact) mass is 166 g/mol. The van der Waals surface area contributed by atoms with E-state index in [9.17, 15) is 9.90 Å². The number of hydrogen-bond acceptors (Lipinski definition) is 3. The number of ether oxygens (including phenoxy) is 1. The number of carbonyl (C=O) groups excluding carboxylic acids is 1. The molecular weight excluding hydrogens is 156 g/mol. The van der Waals surface area contributed by atoms with Crippen LogP contribution in [0, 0.1) is 17.8 Å². The fraction of sp³-hybridized carbons (Fsp3) is 0.667. The standard InChI is InChI=1S/C9H10O3/c10-8-6-4-1-2-5(3-4)7(6)9(11)12-8/h1,5-7,9,11H,2-3H2/t5?,6-,7?,9?/m1/s1. The second-order valence-corrected chi connectivity index (χ2v) is 3.86. The molecule has 3 unspecified atom stereocenters. The topological polar surface area (TPSA) is 46.5 Å². The van der Waals surface area contributed by atoms with Gasteiger partial charge in [0.25, 0.3) is 0 Å². The first-order valence-electron chi connectivity index (χ1n) is 4.35. The van der Waals surface area contributed by atoms with Crippen molar-refractivity contribution in [1.82, 2.24) is 0 Å². The van der Waals surface area contributed by atoms with E-state index < -0.39 is 6.29 Å². The molecule has 0 radical (unpaired) electrons. The van der Waals surface area contributed by atoms with Gasteiger partial charge in [-0.2, -0.15) is 0 Å². The Morgan fingerprint density at radius 1 is 1.58 bits per heavy atom. The van der Waals surface area contributed by atoms with Gasteiger partial charge in [0, 0.05) is 5.92 Å². The average molecular weight is 166 g/mol. The smallest absolute Gasteiger partial charge is 0.315 e. The molecule has 64 valence electrons. The number of rotatable bonds is 0. The molecule has 1 N–H and O–H groups in total. The summed E-state index contributed by atoms with van der Waals surface area (Å²) in [6, 6.07) is 0. The van der Waals surface area contributed by atoms with Crippen molar-refractivity contribution in [2.75, 3.05) is 0 Å². The van der Waals surface area contributed by atoms with Crippen molar-refractivity contribution in [3.63, 3.8) is 0 Å².